The van der Waals surface area contributed by atoms with Crippen LogP contribution in [0.3, 0.4) is 0 Å². The first-order valence-corrected chi connectivity index (χ1v) is 6.32. The van der Waals surface area contributed by atoms with E-state index >= 15 is 0 Å². The third-order valence-electron chi connectivity index (χ3n) is 3.30. The molecule has 0 atom stereocenters. The Morgan fingerprint density at radius 2 is 1.67 bits per heavy atom. The van der Waals surface area contributed by atoms with Gasteiger partial charge in [-0.25, -0.2) is 4.98 Å². The van der Waals surface area contributed by atoms with Crippen LogP contribution in [0.5, 0.6) is 0 Å². The number of rotatable bonds is 2. The first kappa shape index (κ1) is 12.7. The number of nitrogens with zero attached hydrogens (tertiary/aromatic N) is 2. The van der Waals surface area contributed by atoms with Crippen molar-refractivity contribution in [3.05, 3.63) is 35.2 Å². The molecule has 2 N–H and O–H groups in total. The average molecular weight is 243 g/mol. The Balaban J connectivity index is 2.63. The van der Waals surface area contributed by atoms with Crippen molar-refractivity contribution in [3.63, 3.8) is 0 Å². The van der Waals surface area contributed by atoms with Crippen molar-refractivity contribution < 1.29 is 0 Å². The summed E-state index contributed by atoms with van der Waals surface area (Å²) < 4.78 is 2.01. The van der Waals surface area contributed by atoms with Crippen molar-refractivity contribution in [1.29, 1.82) is 0 Å². The molecule has 18 heavy (non-hydrogen) atoms. The van der Waals surface area contributed by atoms with Crippen molar-refractivity contribution in [2.45, 2.75) is 40.7 Å². The van der Waals surface area contributed by atoms with Crippen molar-refractivity contribution in [1.82, 2.24) is 9.55 Å². The first-order chi connectivity index (χ1) is 8.41. The minimum absolute atomic E-state index is 0.331. The van der Waals surface area contributed by atoms with E-state index in [1.165, 1.54) is 16.7 Å². The number of anilines is 1. The van der Waals surface area contributed by atoms with Crippen LogP contribution >= 0.6 is 0 Å². The zero-order valence-electron chi connectivity index (χ0n) is 11.8. The van der Waals surface area contributed by atoms with Gasteiger partial charge in [-0.2, -0.15) is 0 Å². The van der Waals surface area contributed by atoms with Gasteiger partial charge in [-0.1, -0.05) is 17.7 Å². The number of aromatic nitrogens is 2. The average Bonchev–Trinajstić information content (AvgIpc) is 2.59. The number of nitrogen functional groups attached to an aromatic ring is 1. The van der Waals surface area contributed by atoms with Gasteiger partial charge in [0.25, 0.3) is 0 Å². The van der Waals surface area contributed by atoms with Crippen molar-refractivity contribution in [3.8, 4) is 11.3 Å². The van der Waals surface area contributed by atoms with Crippen LogP contribution in [-0.4, -0.2) is 9.55 Å². The lowest BCUT2D eigenvalue weighted by Gasteiger charge is -2.12. The summed E-state index contributed by atoms with van der Waals surface area (Å²) in [6.07, 6.45) is 1.83. The van der Waals surface area contributed by atoms with Crippen molar-refractivity contribution in [2.24, 2.45) is 0 Å². The molecule has 0 aliphatic carbocycles. The Labute approximate surface area is 109 Å². The summed E-state index contributed by atoms with van der Waals surface area (Å²) in [5, 5.41) is 0. The van der Waals surface area contributed by atoms with Crippen LogP contribution in [0.25, 0.3) is 11.3 Å². The third-order valence-corrected chi connectivity index (χ3v) is 3.30. The Kier molecular flexibility index (Phi) is 3.16. The fourth-order valence-electron chi connectivity index (χ4n) is 2.53. The molecule has 0 fully saturated rings. The van der Waals surface area contributed by atoms with Gasteiger partial charge in [-0.15, -0.1) is 0 Å². The topological polar surface area (TPSA) is 43.8 Å². The molecule has 1 aromatic carbocycles. The number of hydrogen-bond acceptors (Lipinski definition) is 2. The molecule has 0 amide bonds. The fourth-order valence-corrected chi connectivity index (χ4v) is 2.53. The van der Waals surface area contributed by atoms with Crippen molar-refractivity contribution >= 4 is 5.82 Å². The zero-order chi connectivity index (χ0) is 13.4. The van der Waals surface area contributed by atoms with Crippen LogP contribution in [0.2, 0.25) is 0 Å². The summed E-state index contributed by atoms with van der Waals surface area (Å²) in [6, 6.07) is 4.68. The Morgan fingerprint density at radius 3 is 2.11 bits per heavy atom. The molecule has 96 valence electrons. The quantitative estimate of drug-likeness (QED) is 0.875. The molecule has 1 heterocycles. The highest BCUT2D eigenvalue weighted by Crippen LogP contribution is 2.32. The molecule has 1 aromatic heterocycles. The van der Waals surface area contributed by atoms with Gasteiger partial charge in [0, 0.05) is 11.6 Å². The van der Waals surface area contributed by atoms with Gasteiger partial charge in [0.05, 0.1) is 6.33 Å². The highest BCUT2D eigenvalue weighted by molar-refractivity contribution is 5.76. The monoisotopic (exact) mass is 243 g/mol. The van der Waals surface area contributed by atoms with Gasteiger partial charge in [0.1, 0.15) is 11.5 Å². The van der Waals surface area contributed by atoms with Crippen LogP contribution in [0.1, 0.15) is 36.6 Å². The molecule has 2 rings (SSSR count). The lowest BCUT2D eigenvalue weighted by atomic mass is 9.97. The summed E-state index contributed by atoms with van der Waals surface area (Å²) in [7, 11) is 0. The maximum absolute atomic E-state index is 6.21. The zero-order valence-corrected chi connectivity index (χ0v) is 11.8. The molecule has 2 aromatic rings. The van der Waals surface area contributed by atoms with E-state index in [4.69, 9.17) is 5.73 Å². The second-order valence-corrected chi connectivity index (χ2v) is 5.25. The number of benzene rings is 1. The molecular weight excluding hydrogens is 222 g/mol. The predicted molar refractivity (Wildman–Crippen MR) is 76.7 cm³/mol. The molecule has 0 aliphatic rings. The normalized spacial score (nSPS) is 11.2. The fraction of sp³-hybridized carbons (Fsp3) is 0.400. The molecule has 0 radical (unpaired) electrons. The summed E-state index contributed by atoms with van der Waals surface area (Å²) in [6.45, 7) is 10.6. The van der Waals surface area contributed by atoms with Gasteiger partial charge in [0.15, 0.2) is 0 Å². The van der Waals surface area contributed by atoms with Crippen LogP contribution in [0.4, 0.5) is 5.82 Å². The lowest BCUT2D eigenvalue weighted by Crippen LogP contribution is -2.04. The molecule has 0 aliphatic heterocycles. The van der Waals surface area contributed by atoms with E-state index in [2.05, 4.69) is 51.7 Å². The standard InChI is InChI=1S/C15H21N3/c1-9(2)18-8-17-14(15(18)16)13-11(4)6-10(3)7-12(13)5/h6-9H,16H2,1-5H3. The largest absolute Gasteiger partial charge is 0.383 e. The van der Waals surface area contributed by atoms with Crippen LogP contribution in [0.15, 0.2) is 18.5 Å². The van der Waals surface area contributed by atoms with Gasteiger partial charge in [-0.05, 0) is 45.7 Å². The molecular formula is C15H21N3. The maximum atomic E-state index is 6.21. The lowest BCUT2D eigenvalue weighted by molar-refractivity contribution is 0.607. The maximum Gasteiger partial charge on any atom is 0.131 e. The van der Waals surface area contributed by atoms with Crippen LogP contribution in [-0.2, 0) is 0 Å². The van der Waals surface area contributed by atoms with Crippen LogP contribution in [0, 0.1) is 20.8 Å². The predicted octanol–water partition coefficient (Wildman–Crippen LogP) is 3.64. The molecule has 0 unspecified atom stereocenters. The Hall–Kier alpha value is -1.77. The second kappa shape index (κ2) is 4.48. The number of aryl methyl sites for hydroxylation is 3. The molecule has 0 saturated carbocycles. The van der Waals surface area contributed by atoms with Crippen LogP contribution < -0.4 is 5.73 Å². The SMILES string of the molecule is Cc1cc(C)c(-c2ncn(C(C)C)c2N)c(C)c1. The number of hydrogen-bond donors (Lipinski definition) is 1. The third kappa shape index (κ3) is 2.01. The second-order valence-electron chi connectivity index (χ2n) is 5.25. The minimum Gasteiger partial charge on any atom is -0.383 e. The van der Waals surface area contributed by atoms with Gasteiger partial charge in [-0.3, -0.25) is 0 Å². The van der Waals surface area contributed by atoms with E-state index in [1.54, 1.807) is 0 Å². The highest BCUT2D eigenvalue weighted by atomic mass is 15.1. The molecule has 3 nitrogen and oxygen atoms in total. The van der Waals surface area contributed by atoms with Gasteiger partial charge < -0.3 is 10.3 Å². The highest BCUT2D eigenvalue weighted by Gasteiger charge is 2.15. The summed E-state index contributed by atoms with van der Waals surface area (Å²) >= 11 is 0. The minimum atomic E-state index is 0.331. The van der Waals surface area contributed by atoms with E-state index in [-0.39, 0.29) is 0 Å². The Morgan fingerprint density at radius 1 is 1.11 bits per heavy atom. The first-order valence-electron chi connectivity index (χ1n) is 6.32. The number of nitrogens with two attached hydrogens (primary N) is 1. The Bertz CT molecular complexity index is 556. The van der Waals surface area contributed by atoms with E-state index in [0.717, 1.165) is 17.1 Å². The van der Waals surface area contributed by atoms with E-state index in [1.807, 2.05) is 10.9 Å². The van der Waals surface area contributed by atoms with Gasteiger partial charge in [0.2, 0.25) is 0 Å². The van der Waals surface area contributed by atoms with E-state index in [0.29, 0.717) is 6.04 Å². The molecule has 0 bridgehead atoms. The van der Waals surface area contributed by atoms with Gasteiger partial charge >= 0.3 is 0 Å². The summed E-state index contributed by atoms with van der Waals surface area (Å²) in [5.41, 5.74) is 12.0. The molecule has 3 heteroatoms. The summed E-state index contributed by atoms with van der Waals surface area (Å²) in [5.74, 6) is 0.750. The van der Waals surface area contributed by atoms with Crippen molar-refractivity contribution in [2.75, 3.05) is 5.73 Å². The molecule has 0 saturated heterocycles. The summed E-state index contributed by atoms with van der Waals surface area (Å²) in [4.78, 5) is 4.50. The molecule has 0 spiro atoms. The van der Waals surface area contributed by atoms with E-state index < -0.39 is 0 Å². The number of imidazole rings is 1. The smallest absolute Gasteiger partial charge is 0.131 e. The van der Waals surface area contributed by atoms with E-state index in [9.17, 15) is 0 Å².